The number of hydrogen-bond acceptors (Lipinski definition) is 3. The van der Waals surface area contributed by atoms with Crippen LogP contribution in [0.2, 0.25) is 0 Å². The molecule has 2 aliphatic heterocycles. The number of hydrogen-bond donors (Lipinski definition) is 1. The zero-order valence-electron chi connectivity index (χ0n) is 12.5. The first-order valence-corrected chi connectivity index (χ1v) is 7.60. The summed E-state index contributed by atoms with van der Waals surface area (Å²) in [6.45, 7) is 0.726. The predicted molar refractivity (Wildman–Crippen MR) is 87.8 cm³/mol. The van der Waals surface area contributed by atoms with Gasteiger partial charge in [0, 0.05) is 17.7 Å². The Hall–Kier alpha value is -2.88. The second kappa shape index (κ2) is 5.39. The zero-order chi connectivity index (χ0) is 15.8. The highest BCUT2D eigenvalue weighted by Crippen LogP contribution is 2.27. The van der Waals surface area contributed by atoms with Crippen molar-refractivity contribution in [2.24, 2.45) is 0 Å². The zero-order valence-corrected chi connectivity index (χ0v) is 12.5. The van der Waals surface area contributed by atoms with Gasteiger partial charge in [0.2, 0.25) is 5.91 Å². The number of ketones is 1. The van der Waals surface area contributed by atoms with E-state index in [-0.39, 0.29) is 11.7 Å². The van der Waals surface area contributed by atoms with Crippen molar-refractivity contribution in [2.75, 3.05) is 11.9 Å². The number of nitrogens with one attached hydrogen (secondary N) is 1. The monoisotopic (exact) mass is 305 g/mol. The van der Waals surface area contributed by atoms with Gasteiger partial charge in [-0.15, -0.1) is 0 Å². The van der Waals surface area contributed by atoms with Crippen LogP contribution in [0.4, 0.5) is 5.69 Å². The van der Waals surface area contributed by atoms with Gasteiger partial charge in [0.1, 0.15) is 5.75 Å². The van der Waals surface area contributed by atoms with E-state index in [4.69, 9.17) is 4.74 Å². The molecule has 0 aromatic heterocycles. The third-order valence-electron chi connectivity index (χ3n) is 4.16. The first-order chi connectivity index (χ1) is 11.2. The van der Waals surface area contributed by atoms with Gasteiger partial charge < -0.3 is 10.1 Å². The fourth-order valence-corrected chi connectivity index (χ4v) is 2.96. The summed E-state index contributed by atoms with van der Waals surface area (Å²) >= 11 is 0. The fourth-order valence-electron chi connectivity index (χ4n) is 2.96. The van der Waals surface area contributed by atoms with E-state index in [2.05, 4.69) is 11.4 Å². The normalized spacial score (nSPS) is 15.2. The largest absolute Gasteiger partial charge is 0.493 e. The van der Waals surface area contributed by atoms with Gasteiger partial charge in [-0.05, 0) is 53.1 Å². The van der Waals surface area contributed by atoms with E-state index in [1.54, 1.807) is 24.3 Å². The summed E-state index contributed by atoms with van der Waals surface area (Å²) in [7, 11) is 0. The molecule has 0 atom stereocenters. The van der Waals surface area contributed by atoms with E-state index in [1.165, 1.54) is 5.56 Å². The molecule has 1 amide bonds. The average Bonchev–Trinajstić information content (AvgIpc) is 3.16. The fraction of sp³-hybridized carbons (Fsp3) is 0.158. The van der Waals surface area contributed by atoms with Crippen molar-refractivity contribution in [3.8, 4) is 5.75 Å². The van der Waals surface area contributed by atoms with Crippen LogP contribution in [0.25, 0.3) is 6.08 Å². The minimum Gasteiger partial charge on any atom is -0.493 e. The highest BCUT2D eigenvalue weighted by atomic mass is 16.5. The maximum Gasteiger partial charge on any atom is 0.228 e. The minimum atomic E-state index is -0.0658. The summed E-state index contributed by atoms with van der Waals surface area (Å²) in [6, 6.07) is 11.3. The van der Waals surface area contributed by atoms with Crippen molar-refractivity contribution in [3.05, 3.63) is 64.7 Å². The molecule has 0 saturated carbocycles. The summed E-state index contributed by atoms with van der Waals surface area (Å²) in [5.74, 6) is 0.841. The number of benzene rings is 2. The maximum atomic E-state index is 12.3. The van der Waals surface area contributed by atoms with E-state index in [1.807, 2.05) is 18.2 Å². The highest BCUT2D eigenvalue weighted by Gasteiger charge is 2.18. The molecule has 2 heterocycles. The quantitative estimate of drug-likeness (QED) is 0.700. The molecule has 0 bridgehead atoms. The topological polar surface area (TPSA) is 55.4 Å². The van der Waals surface area contributed by atoms with Crippen molar-refractivity contribution in [1.29, 1.82) is 0 Å². The van der Waals surface area contributed by atoms with Crippen LogP contribution in [0.5, 0.6) is 5.75 Å². The van der Waals surface area contributed by atoms with Crippen LogP contribution in [0, 0.1) is 0 Å². The van der Waals surface area contributed by atoms with Gasteiger partial charge in [-0.1, -0.05) is 12.1 Å². The molecule has 4 heteroatoms. The molecule has 4 rings (SSSR count). The first kappa shape index (κ1) is 13.8. The van der Waals surface area contributed by atoms with Crippen molar-refractivity contribution >= 4 is 23.5 Å². The van der Waals surface area contributed by atoms with Crippen LogP contribution in [-0.4, -0.2) is 18.3 Å². The van der Waals surface area contributed by atoms with E-state index in [0.717, 1.165) is 35.6 Å². The van der Waals surface area contributed by atoms with Crippen LogP contribution in [0.15, 0.2) is 42.5 Å². The van der Waals surface area contributed by atoms with Gasteiger partial charge in [-0.25, -0.2) is 0 Å². The molecule has 1 N–H and O–H groups in total. The van der Waals surface area contributed by atoms with Crippen LogP contribution >= 0.6 is 0 Å². The van der Waals surface area contributed by atoms with Crippen LogP contribution in [-0.2, 0) is 17.6 Å². The molecule has 0 aliphatic carbocycles. The lowest BCUT2D eigenvalue weighted by Gasteiger charge is -2.02. The van der Waals surface area contributed by atoms with Gasteiger partial charge in [0.25, 0.3) is 0 Å². The lowest BCUT2D eigenvalue weighted by atomic mass is 10.0. The minimum absolute atomic E-state index is 0.0273. The Morgan fingerprint density at radius 1 is 1.13 bits per heavy atom. The molecule has 2 aromatic rings. The van der Waals surface area contributed by atoms with E-state index >= 15 is 0 Å². The molecule has 2 aromatic carbocycles. The van der Waals surface area contributed by atoms with Crippen LogP contribution in [0.3, 0.4) is 0 Å². The SMILES string of the molecule is O=C1Cc2cc(C(=O)/C=C/c3ccc4c(c3)CCO4)ccc2N1. The number of anilines is 1. The molecule has 0 spiro atoms. The second-order valence-electron chi connectivity index (χ2n) is 5.76. The Morgan fingerprint density at radius 3 is 2.96 bits per heavy atom. The Morgan fingerprint density at radius 2 is 2.04 bits per heavy atom. The summed E-state index contributed by atoms with van der Waals surface area (Å²) in [6.07, 6.45) is 4.64. The van der Waals surface area contributed by atoms with Gasteiger partial charge in [0.05, 0.1) is 13.0 Å². The van der Waals surface area contributed by atoms with Gasteiger partial charge in [0.15, 0.2) is 5.78 Å². The summed E-state index contributed by atoms with van der Waals surface area (Å²) in [4.78, 5) is 23.7. The molecule has 0 unspecified atom stereocenters. The summed E-state index contributed by atoms with van der Waals surface area (Å²) in [5.41, 5.74) is 4.45. The molecule has 0 saturated heterocycles. The number of amides is 1. The highest BCUT2D eigenvalue weighted by molar-refractivity contribution is 6.08. The van der Waals surface area contributed by atoms with Crippen molar-refractivity contribution < 1.29 is 14.3 Å². The van der Waals surface area contributed by atoms with Crippen molar-refractivity contribution in [1.82, 2.24) is 0 Å². The first-order valence-electron chi connectivity index (χ1n) is 7.60. The molecule has 0 radical (unpaired) electrons. The molecule has 23 heavy (non-hydrogen) atoms. The lowest BCUT2D eigenvalue weighted by Crippen LogP contribution is -2.03. The predicted octanol–water partition coefficient (Wildman–Crippen LogP) is 3.01. The average molecular weight is 305 g/mol. The van der Waals surface area contributed by atoms with Crippen LogP contribution in [0.1, 0.15) is 27.0 Å². The molecule has 0 fully saturated rings. The van der Waals surface area contributed by atoms with Gasteiger partial charge in [-0.3, -0.25) is 9.59 Å². The second-order valence-corrected chi connectivity index (χ2v) is 5.76. The number of fused-ring (bicyclic) bond motifs is 2. The molecule has 114 valence electrons. The number of rotatable bonds is 3. The number of ether oxygens (including phenoxy) is 1. The van der Waals surface area contributed by atoms with Crippen molar-refractivity contribution in [3.63, 3.8) is 0 Å². The molecular formula is C19H15NO3. The standard InChI is InChI=1S/C19H15NO3/c21-17(13-3-4-16-15(10-13)11-19(22)20-16)5-1-12-2-6-18-14(9-12)7-8-23-18/h1-6,9-10H,7-8,11H2,(H,20,22)/b5-1+. The molecule has 2 aliphatic rings. The summed E-state index contributed by atoms with van der Waals surface area (Å²) < 4.78 is 5.48. The third kappa shape index (κ3) is 2.63. The Labute approximate surface area is 133 Å². The van der Waals surface area contributed by atoms with Crippen LogP contribution < -0.4 is 10.1 Å². The number of allylic oxidation sites excluding steroid dienone is 1. The smallest absolute Gasteiger partial charge is 0.228 e. The third-order valence-corrected chi connectivity index (χ3v) is 4.16. The molecule has 4 nitrogen and oxygen atoms in total. The van der Waals surface area contributed by atoms with Crippen molar-refractivity contribution in [2.45, 2.75) is 12.8 Å². The summed E-state index contributed by atoms with van der Waals surface area (Å²) in [5, 5.41) is 2.77. The Kier molecular flexibility index (Phi) is 3.23. The Balaban J connectivity index is 1.54. The Bertz CT molecular complexity index is 852. The number of carbonyl (C=O) groups excluding carboxylic acids is 2. The molecular weight excluding hydrogens is 290 g/mol. The lowest BCUT2D eigenvalue weighted by molar-refractivity contribution is -0.115. The maximum absolute atomic E-state index is 12.3. The van der Waals surface area contributed by atoms with E-state index in [9.17, 15) is 9.59 Å². The van der Waals surface area contributed by atoms with E-state index in [0.29, 0.717) is 12.0 Å². The van der Waals surface area contributed by atoms with E-state index < -0.39 is 0 Å². The van der Waals surface area contributed by atoms with Gasteiger partial charge in [-0.2, -0.15) is 0 Å². The number of carbonyl (C=O) groups is 2. The van der Waals surface area contributed by atoms with Gasteiger partial charge >= 0.3 is 0 Å².